The molecule has 0 saturated carbocycles. The molecule has 0 radical (unpaired) electrons. The number of carbonyl (C=O) groups excluding carboxylic acids is 2. The third-order valence-electron chi connectivity index (χ3n) is 2.91. The Morgan fingerprint density at radius 3 is 2.40 bits per heavy atom. The summed E-state index contributed by atoms with van der Waals surface area (Å²) < 4.78 is 0. The van der Waals surface area contributed by atoms with Crippen LogP contribution in [-0.2, 0) is 4.79 Å². The number of hydrogen-bond acceptors (Lipinski definition) is 4. The average molecular weight is 270 g/mol. The van der Waals surface area contributed by atoms with Crippen LogP contribution >= 0.6 is 0 Å². The second-order valence-corrected chi connectivity index (χ2v) is 4.37. The summed E-state index contributed by atoms with van der Waals surface area (Å²) in [6.07, 6.45) is 0.770. The molecule has 0 bridgehead atoms. The van der Waals surface area contributed by atoms with Gasteiger partial charge in [-0.05, 0) is 25.5 Å². The zero-order valence-electron chi connectivity index (χ0n) is 12.2. The molecule has 2 rings (SSSR count). The Labute approximate surface area is 118 Å². The molecule has 20 heavy (non-hydrogen) atoms. The molecule has 1 aromatic heterocycles. The lowest BCUT2D eigenvalue weighted by Gasteiger charge is -2.00. The molecule has 0 unspecified atom stereocenters. The number of Topliss-reactive ketones (excluding diaryl/α,β-unsaturated/α-hetero) is 1. The molecule has 0 spiro atoms. The lowest BCUT2D eigenvalue weighted by atomic mass is 10.1. The summed E-state index contributed by atoms with van der Waals surface area (Å²) in [7, 11) is 1.61. The van der Waals surface area contributed by atoms with E-state index in [0.717, 1.165) is 22.8 Å². The number of ketones is 1. The Bertz CT molecular complexity index is 661. The molecule has 4 nitrogen and oxygen atoms in total. The minimum absolute atomic E-state index is 0.0440. The zero-order chi connectivity index (χ0) is 15.1. The average Bonchev–Trinajstić information content (AvgIpc) is 2.47. The Balaban J connectivity index is 0.000000246. The standard InChI is InChI=1S/C11H9NO.C5H9NO/c1-8-3-2-4-9-5-6-10(7-13)12-11(8)9;1-4(6-3)5(2)7/h2-7H,1H3;1-3H3. The maximum atomic E-state index is 10.5. The van der Waals surface area contributed by atoms with E-state index in [1.165, 1.54) is 6.92 Å². The highest BCUT2D eigenvalue weighted by Gasteiger charge is 1.98. The van der Waals surface area contributed by atoms with Crippen LogP contribution in [0.25, 0.3) is 10.9 Å². The highest BCUT2D eigenvalue weighted by Crippen LogP contribution is 2.15. The number of nitrogens with zero attached hydrogens (tertiary/aromatic N) is 2. The van der Waals surface area contributed by atoms with Gasteiger partial charge in [-0.3, -0.25) is 14.6 Å². The number of hydrogen-bond donors (Lipinski definition) is 0. The van der Waals surface area contributed by atoms with Gasteiger partial charge in [0.2, 0.25) is 0 Å². The first kappa shape index (κ1) is 15.7. The van der Waals surface area contributed by atoms with Gasteiger partial charge in [-0.2, -0.15) is 0 Å². The monoisotopic (exact) mass is 270 g/mol. The minimum atomic E-state index is 0.0440. The highest BCUT2D eigenvalue weighted by atomic mass is 16.1. The molecular weight excluding hydrogens is 252 g/mol. The van der Waals surface area contributed by atoms with Crippen LogP contribution in [-0.4, -0.2) is 29.8 Å². The molecule has 0 fully saturated rings. The molecule has 0 N–H and O–H groups in total. The molecule has 0 atom stereocenters. The van der Waals surface area contributed by atoms with E-state index in [0.29, 0.717) is 11.4 Å². The summed E-state index contributed by atoms with van der Waals surface area (Å²) in [6, 6.07) is 9.61. The van der Waals surface area contributed by atoms with Crippen LogP contribution in [0, 0.1) is 6.92 Å². The predicted molar refractivity (Wildman–Crippen MR) is 81.6 cm³/mol. The van der Waals surface area contributed by atoms with Crippen molar-refractivity contribution < 1.29 is 9.59 Å². The van der Waals surface area contributed by atoms with Crippen molar-refractivity contribution in [2.24, 2.45) is 4.99 Å². The summed E-state index contributed by atoms with van der Waals surface area (Å²) in [5.41, 5.74) is 3.08. The van der Waals surface area contributed by atoms with E-state index >= 15 is 0 Å². The van der Waals surface area contributed by atoms with Gasteiger partial charge in [0.05, 0.1) is 11.2 Å². The maximum Gasteiger partial charge on any atom is 0.173 e. The van der Waals surface area contributed by atoms with Crippen LogP contribution in [0.2, 0.25) is 0 Å². The van der Waals surface area contributed by atoms with Crippen LogP contribution in [0.1, 0.15) is 29.9 Å². The van der Waals surface area contributed by atoms with Crippen molar-refractivity contribution in [3.63, 3.8) is 0 Å². The topological polar surface area (TPSA) is 59.4 Å². The summed E-state index contributed by atoms with van der Waals surface area (Å²) in [5, 5.41) is 1.07. The number of aliphatic imine (C=N–C) groups is 1. The first-order valence-electron chi connectivity index (χ1n) is 6.25. The fourth-order valence-electron chi connectivity index (χ4n) is 1.53. The number of rotatable bonds is 2. The van der Waals surface area contributed by atoms with Crippen molar-refractivity contribution in [2.45, 2.75) is 20.8 Å². The summed E-state index contributed by atoms with van der Waals surface area (Å²) in [6.45, 7) is 5.19. The predicted octanol–water partition coefficient (Wildman–Crippen LogP) is 3.02. The molecule has 0 saturated heterocycles. The van der Waals surface area contributed by atoms with E-state index in [2.05, 4.69) is 9.98 Å². The molecule has 4 heteroatoms. The summed E-state index contributed by atoms with van der Waals surface area (Å²) >= 11 is 0. The molecule has 104 valence electrons. The summed E-state index contributed by atoms with van der Waals surface area (Å²) in [5.74, 6) is 0.0440. The van der Waals surface area contributed by atoms with E-state index in [4.69, 9.17) is 0 Å². The number of aromatic nitrogens is 1. The van der Waals surface area contributed by atoms with Gasteiger partial charge in [0.1, 0.15) is 5.69 Å². The molecule has 2 aromatic rings. The lowest BCUT2D eigenvalue weighted by Crippen LogP contribution is -2.02. The van der Waals surface area contributed by atoms with Gasteiger partial charge in [-0.25, -0.2) is 4.98 Å². The van der Waals surface area contributed by atoms with Crippen LogP contribution < -0.4 is 0 Å². The van der Waals surface area contributed by atoms with Gasteiger partial charge in [0.25, 0.3) is 0 Å². The Morgan fingerprint density at radius 2 is 1.90 bits per heavy atom. The third kappa shape index (κ3) is 4.09. The van der Waals surface area contributed by atoms with Gasteiger partial charge in [0, 0.05) is 19.4 Å². The number of para-hydroxylation sites is 1. The van der Waals surface area contributed by atoms with Crippen LogP contribution in [0.5, 0.6) is 0 Å². The molecule has 1 aromatic carbocycles. The summed E-state index contributed by atoms with van der Waals surface area (Å²) in [4.78, 5) is 28.6. The maximum absolute atomic E-state index is 10.5. The van der Waals surface area contributed by atoms with E-state index < -0.39 is 0 Å². The van der Waals surface area contributed by atoms with Crippen molar-refractivity contribution in [1.82, 2.24) is 4.98 Å². The van der Waals surface area contributed by atoms with Crippen molar-refractivity contribution in [3.8, 4) is 0 Å². The van der Waals surface area contributed by atoms with Crippen LogP contribution in [0.4, 0.5) is 0 Å². The van der Waals surface area contributed by atoms with E-state index in [-0.39, 0.29) is 5.78 Å². The fraction of sp³-hybridized carbons (Fsp3) is 0.250. The van der Waals surface area contributed by atoms with Crippen LogP contribution in [0.3, 0.4) is 0 Å². The van der Waals surface area contributed by atoms with Gasteiger partial charge in [-0.1, -0.05) is 24.3 Å². The smallest absolute Gasteiger partial charge is 0.173 e. The number of pyridine rings is 1. The fourth-order valence-corrected chi connectivity index (χ4v) is 1.53. The first-order valence-corrected chi connectivity index (χ1v) is 6.25. The molecular formula is C16H18N2O2. The van der Waals surface area contributed by atoms with Crippen molar-refractivity contribution in [3.05, 3.63) is 41.6 Å². The second-order valence-electron chi connectivity index (χ2n) is 4.37. The minimum Gasteiger partial charge on any atom is -0.296 e. The Kier molecular flexibility index (Phi) is 5.72. The molecule has 0 aliphatic heterocycles. The van der Waals surface area contributed by atoms with E-state index in [1.54, 1.807) is 20.0 Å². The molecule has 0 aliphatic carbocycles. The lowest BCUT2D eigenvalue weighted by molar-refractivity contribution is -0.111. The SMILES string of the molecule is CN=C(C)C(C)=O.Cc1cccc2ccc(C=O)nc12. The number of aryl methyl sites for hydroxylation is 1. The number of carbonyl (C=O) groups is 2. The van der Waals surface area contributed by atoms with Gasteiger partial charge in [0.15, 0.2) is 12.1 Å². The molecule has 0 aliphatic rings. The normalized spacial score (nSPS) is 10.7. The molecule has 0 amide bonds. The van der Waals surface area contributed by atoms with Crippen molar-refractivity contribution in [2.75, 3.05) is 7.05 Å². The van der Waals surface area contributed by atoms with Gasteiger partial charge in [-0.15, -0.1) is 0 Å². The third-order valence-corrected chi connectivity index (χ3v) is 2.91. The Morgan fingerprint density at radius 1 is 1.20 bits per heavy atom. The van der Waals surface area contributed by atoms with E-state index in [9.17, 15) is 9.59 Å². The zero-order valence-corrected chi connectivity index (χ0v) is 12.2. The second kappa shape index (κ2) is 7.28. The van der Waals surface area contributed by atoms with Crippen molar-refractivity contribution >= 4 is 28.7 Å². The quantitative estimate of drug-likeness (QED) is 0.622. The largest absolute Gasteiger partial charge is 0.296 e. The van der Waals surface area contributed by atoms with Gasteiger partial charge < -0.3 is 0 Å². The number of benzene rings is 1. The van der Waals surface area contributed by atoms with E-state index in [1.807, 2.05) is 31.2 Å². The highest BCUT2D eigenvalue weighted by molar-refractivity contribution is 6.37. The number of aldehydes is 1. The molecule has 1 heterocycles. The van der Waals surface area contributed by atoms with Gasteiger partial charge >= 0.3 is 0 Å². The number of fused-ring (bicyclic) bond motifs is 1. The van der Waals surface area contributed by atoms with Crippen LogP contribution in [0.15, 0.2) is 35.3 Å². The first-order chi connectivity index (χ1) is 9.49. The Hall–Kier alpha value is -2.36. The van der Waals surface area contributed by atoms with Crippen molar-refractivity contribution in [1.29, 1.82) is 0 Å².